The number of carboxylic acids is 1. The first-order valence-corrected chi connectivity index (χ1v) is 23.8. The Bertz CT molecular complexity index is 2950. The fourth-order valence-corrected chi connectivity index (χ4v) is 8.22. The fraction of sp³-hybridized carbons (Fsp3) is 0.378. The third kappa shape index (κ3) is 13.2. The molecule has 4 heterocycles. The van der Waals surface area contributed by atoms with Crippen molar-refractivity contribution < 1.29 is 40.3 Å². The largest absolute Gasteiger partial charge is 0.481 e. The first kappa shape index (κ1) is 50.7. The second kappa shape index (κ2) is 20.9. The molecular weight excluding hydrogens is 895 g/mol. The first-order valence-electron chi connectivity index (χ1n) is 20.7. The number of primary sulfonamides is 1. The number of carboxylic acid groups (broad SMARTS) is 1. The molecule has 4 N–H and O–H groups in total. The Hall–Kier alpha value is -6.32. The molecule has 0 saturated heterocycles. The van der Waals surface area contributed by atoms with Gasteiger partial charge in [0.2, 0.25) is 16.0 Å². The predicted octanol–water partition coefficient (Wildman–Crippen LogP) is 7.14. The van der Waals surface area contributed by atoms with Crippen LogP contribution in [0, 0.1) is 25.5 Å². The average Bonchev–Trinajstić information content (AvgIpc) is 4.15. The summed E-state index contributed by atoms with van der Waals surface area (Å²) < 4.78 is 77.2. The number of amides is 1. The van der Waals surface area contributed by atoms with Crippen molar-refractivity contribution in [2.45, 2.75) is 121 Å². The number of nitrogens with zero attached hydrogens (tertiary/aromatic N) is 8. The summed E-state index contributed by atoms with van der Waals surface area (Å²) in [6.45, 7) is 11.3. The maximum absolute atomic E-state index is 14.4. The maximum atomic E-state index is 14.4. The van der Waals surface area contributed by atoms with Crippen molar-refractivity contribution in [1.29, 1.82) is 0 Å². The average molecular weight is 949 g/mol. The number of halogens is 2. The normalized spacial score (nSPS) is 13.6. The molecule has 2 aliphatic rings. The lowest BCUT2D eigenvalue weighted by molar-refractivity contribution is -0.136. The van der Waals surface area contributed by atoms with Crippen molar-refractivity contribution >= 4 is 31.9 Å². The molecule has 6 aromatic rings. The molecule has 0 aliphatic heterocycles. The second-order valence-electron chi connectivity index (χ2n) is 16.5. The third-order valence-electron chi connectivity index (χ3n) is 10.4. The van der Waals surface area contributed by atoms with Gasteiger partial charge in [-0.1, -0.05) is 35.1 Å². The van der Waals surface area contributed by atoms with Gasteiger partial charge in [-0.05, 0) is 144 Å². The molecule has 0 atom stereocenters. The van der Waals surface area contributed by atoms with E-state index in [2.05, 4.69) is 35.1 Å². The summed E-state index contributed by atoms with van der Waals surface area (Å²) in [7, 11) is -7.85. The van der Waals surface area contributed by atoms with Crippen LogP contribution in [0.25, 0.3) is 22.3 Å². The van der Waals surface area contributed by atoms with Gasteiger partial charge in [0.05, 0.1) is 37.3 Å². The number of rotatable bonds is 13. The number of benzene rings is 2. The van der Waals surface area contributed by atoms with Crippen LogP contribution in [0.3, 0.4) is 0 Å². The molecular formula is C45H54F2N10O7S2. The zero-order chi connectivity index (χ0) is 47.4. The lowest BCUT2D eigenvalue weighted by Gasteiger charge is -2.18. The van der Waals surface area contributed by atoms with Gasteiger partial charge in [0.15, 0.2) is 0 Å². The van der Waals surface area contributed by atoms with E-state index in [-0.39, 0.29) is 60.1 Å². The lowest BCUT2D eigenvalue weighted by Crippen LogP contribution is -2.32. The van der Waals surface area contributed by atoms with Gasteiger partial charge in [0.25, 0.3) is 20.0 Å². The number of pyridine rings is 2. The number of aliphatic carboxylic acids is 1. The number of carbonyl (C=O) groups is 2. The number of aryl methyl sites for hydroxylation is 2. The molecule has 352 valence electrons. The highest BCUT2D eigenvalue weighted by molar-refractivity contribution is 7.90. The molecule has 0 unspecified atom stereocenters. The molecule has 0 spiro atoms. The fourth-order valence-electron chi connectivity index (χ4n) is 6.97. The Labute approximate surface area is 383 Å². The van der Waals surface area contributed by atoms with Crippen molar-refractivity contribution in [3.63, 3.8) is 0 Å². The standard InChI is InChI=1S/C22H24FN5O3S.C17H18FNO2.C5H8N4O2S.CH4/c1-13(2)18-9-16(23)10-19(15-6-7-24-14(3)8-15)20(18)11-21(29)27-32(30,31)22-12-25-28(26-22)17-4-5-17;1-10(2)14-7-13(18)8-15(16(14)9-17(20)21)12-4-5-19-11(3)6-12;6-12(10,11)5-3-7-9(8-5)4-1-2-4;/h6-10,12-13,17H,4-5,11H2,1-3H3,(H,27,29);4-8,10H,9H2,1-3H3,(H,20,21);3-4H,1-2H2,(H2,6,10,11);1H4. The quantitative estimate of drug-likeness (QED) is 0.104. The third-order valence-corrected chi connectivity index (χ3v) is 12.4. The maximum Gasteiger partial charge on any atom is 0.307 e. The minimum absolute atomic E-state index is 0. The summed E-state index contributed by atoms with van der Waals surface area (Å²) in [5, 5.41) is 29.0. The minimum atomic E-state index is -4.17. The van der Waals surface area contributed by atoms with E-state index in [4.69, 9.17) is 10.2 Å². The smallest absolute Gasteiger partial charge is 0.307 e. The lowest BCUT2D eigenvalue weighted by atomic mass is 9.88. The van der Waals surface area contributed by atoms with Crippen LogP contribution in [0.4, 0.5) is 8.78 Å². The molecule has 4 aromatic heterocycles. The molecule has 8 rings (SSSR count). The van der Waals surface area contributed by atoms with Gasteiger partial charge in [-0.15, -0.1) is 10.2 Å². The van der Waals surface area contributed by atoms with Crippen molar-refractivity contribution in [1.82, 2.24) is 44.7 Å². The number of hydrogen-bond donors (Lipinski definition) is 3. The topological polar surface area (TPSA) is 248 Å². The van der Waals surface area contributed by atoms with Crippen molar-refractivity contribution in [2.75, 3.05) is 0 Å². The zero-order valence-corrected chi connectivity index (χ0v) is 38.2. The summed E-state index contributed by atoms with van der Waals surface area (Å²) >= 11 is 0. The molecule has 2 fully saturated rings. The summed E-state index contributed by atoms with van der Waals surface area (Å²) in [4.78, 5) is 35.0. The van der Waals surface area contributed by atoms with Crippen LogP contribution >= 0.6 is 0 Å². The Morgan fingerprint density at radius 1 is 0.727 bits per heavy atom. The number of carbonyl (C=O) groups excluding carboxylic acids is 1. The Balaban J connectivity index is 0.000000205. The van der Waals surface area contributed by atoms with E-state index in [0.29, 0.717) is 33.4 Å². The van der Waals surface area contributed by atoms with E-state index in [9.17, 15) is 35.2 Å². The van der Waals surface area contributed by atoms with Gasteiger partial charge in [-0.25, -0.2) is 27.1 Å². The summed E-state index contributed by atoms with van der Waals surface area (Å²) in [5.74, 6) is -2.45. The highest BCUT2D eigenvalue weighted by Crippen LogP contribution is 2.36. The minimum Gasteiger partial charge on any atom is -0.481 e. The van der Waals surface area contributed by atoms with E-state index in [1.807, 2.05) is 47.6 Å². The zero-order valence-electron chi connectivity index (χ0n) is 36.6. The van der Waals surface area contributed by atoms with Crippen LogP contribution in [0.15, 0.2) is 83.4 Å². The SMILES string of the molecule is C.Cc1cc(-c2cc(F)cc(C(C)C)c2CC(=O)NS(=O)(=O)c2cnn(C3CC3)n2)ccn1.Cc1cc(-c2cc(F)cc(C(C)C)c2CC(=O)O)ccn1.NS(=O)(=O)c1cnn(C2CC2)n1. The summed E-state index contributed by atoms with van der Waals surface area (Å²) in [6.07, 6.45) is 9.05. The Morgan fingerprint density at radius 3 is 1.53 bits per heavy atom. The number of nitrogens with two attached hydrogens (primary N) is 1. The molecule has 2 aromatic carbocycles. The van der Waals surface area contributed by atoms with E-state index in [0.717, 1.165) is 54.4 Å². The van der Waals surface area contributed by atoms with Gasteiger partial charge >= 0.3 is 5.97 Å². The van der Waals surface area contributed by atoms with Gasteiger partial charge in [-0.3, -0.25) is 19.6 Å². The summed E-state index contributed by atoms with van der Waals surface area (Å²) in [5.41, 5.74) is 6.84. The summed E-state index contributed by atoms with van der Waals surface area (Å²) in [6, 6.07) is 13.1. The molecule has 17 nitrogen and oxygen atoms in total. The Kier molecular flexibility index (Phi) is 16.0. The van der Waals surface area contributed by atoms with Crippen LogP contribution in [-0.2, 0) is 42.5 Å². The monoisotopic (exact) mass is 948 g/mol. The van der Waals surface area contributed by atoms with Crippen molar-refractivity contribution in [3.05, 3.63) is 119 Å². The van der Waals surface area contributed by atoms with Crippen LogP contribution < -0.4 is 9.86 Å². The molecule has 66 heavy (non-hydrogen) atoms. The van der Waals surface area contributed by atoms with Gasteiger partial charge in [-0.2, -0.15) is 28.2 Å². The van der Waals surface area contributed by atoms with Gasteiger partial charge < -0.3 is 5.11 Å². The number of nitrogens with one attached hydrogen (secondary N) is 1. The van der Waals surface area contributed by atoms with Crippen LogP contribution in [-0.4, -0.2) is 73.8 Å². The molecule has 0 radical (unpaired) electrons. The number of hydrogen-bond acceptors (Lipinski definition) is 12. The van der Waals surface area contributed by atoms with Crippen molar-refractivity contribution in [3.8, 4) is 22.3 Å². The Morgan fingerprint density at radius 2 is 1.15 bits per heavy atom. The van der Waals surface area contributed by atoms with E-state index >= 15 is 0 Å². The van der Waals surface area contributed by atoms with Crippen LogP contribution in [0.1, 0.15) is 118 Å². The highest BCUT2D eigenvalue weighted by Gasteiger charge is 2.30. The van der Waals surface area contributed by atoms with Crippen LogP contribution in [0.5, 0.6) is 0 Å². The first-order chi connectivity index (χ1) is 30.6. The van der Waals surface area contributed by atoms with Gasteiger partial charge in [0.1, 0.15) is 11.6 Å². The second-order valence-corrected chi connectivity index (χ2v) is 19.7. The van der Waals surface area contributed by atoms with E-state index < -0.39 is 37.7 Å². The molecule has 2 aliphatic carbocycles. The molecule has 2 saturated carbocycles. The van der Waals surface area contributed by atoms with Gasteiger partial charge in [0, 0.05) is 23.8 Å². The molecule has 0 bridgehead atoms. The molecule has 1 amide bonds. The molecule has 21 heteroatoms. The van der Waals surface area contributed by atoms with Crippen molar-refractivity contribution in [2.24, 2.45) is 5.14 Å². The van der Waals surface area contributed by atoms with Crippen LogP contribution in [0.2, 0.25) is 0 Å². The number of aromatic nitrogens is 8. The van der Waals surface area contributed by atoms with E-state index in [1.165, 1.54) is 40.1 Å². The number of sulfonamides is 2. The highest BCUT2D eigenvalue weighted by atomic mass is 32.2. The predicted molar refractivity (Wildman–Crippen MR) is 242 cm³/mol. The van der Waals surface area contributed by atoms with E-state index in [1.54, 1.807) is 30.6 Å².